The Balaban J connectivity index is 1.16. The van der Waals surface area contributed by atoms with Gasteiger partial charge in [0.2, 0.25) is 0 Å². The summed E-state index contributed by atoms with van der Waals surface area (Å²) in [6, 6.07) is 0.488. The molecule has 0 spiro atoms. The molecular formula is C46H60N2. The first kappa shape index (κ1) is 32.5. The minimum absolute atomic E-state index is 0.488. The smallest absolute Gasteiger partial charge is 0.0291 e. The normalized spacial score (nSPS) is 39.8. The van der Waals surface area contributed by atoms with Crippen molar-refractivity contribution in [1.29, 1.82) is 0 Å². The van der Waals surface area contributed by atoms with Crippen LogP contribution in [0.4, 0.5) is 0 Å². The molecule has 0 aromatic heterocycles. The molecule has 1 saturated carbocycles. The molecule has 254 valence electrons. The van der Waals surface area contributed by atoms with Crippen molar-refractivity contribution in [2.24, 2.45) is 29.6 Å². The molecular weight excluding hydrogens is 581 g/mol. The monoisotopic (exact) mass is 640 g/mol. The third-order valence-electron chi connectivity index (χ3n) is 13.7. The molecule has 0 bridgehead atoms. The summed E-state index contributed by atoms with van der Waals surface area (Å²) in [5.74, 6) is 3.79. The van der Waals surface area contributed by atoms with Gasteiger partial charge in [-0.25, -0.2) is 0 Å². The van der Waals surface area contributed by atoms with Gasteiger partial charge in [0.05, 0.1) is 0 Å². The Morgan fingerprint density at radius 1 is 0.688 bits per heavy atom. The highest BCUT2D eigenvalue weighted by Crippen LogP contribution is 2.47. The molecule has 4 atom stereocenters. The second-order valence-corrected chi connectivity index (χ2v) is 16.4. The molecule has 0 amide bonds. The molecule has 0 saturated heterocycles. The highest BCUT2D eigenvalue weighted by atomic mass is 15.2. The van der Waals surface area contributed by atoms with Gasteiger partial charge in [0.1, 0.15) is 0 Å². The SMILES string of the molecule is CC1=C\C=C(\C2=CCNC2)CN(C2C=CC3CCC=CC3C2)C/C(C2CCC(C3=C4C=CCCC4CCC3)CC2)=C2/CCC=C/C2=C\1C. The van der Waals surface area contributed by atoms with Gasteiger partial charge in [-0.05, 0) is 178 Å². The fourth-order valence-corrected chi connectivity index (χ4v) is 10.8. The summed E-state index contributed by atoms with van der Waals surface area (Å²) < 4.78 is 0. The number of nitrogens with zero attached hydrogens (tertiary/aromatic N) is 1. The topological polar surface area (TPSA) is 15.3 Å². The van der Waals surface area contributed by atoms with Crippen molar-refractivity contribution >= 4 is 0 Å². The summed E-state index contributed by atoms with van der Waals surface area (Å²) >= 11 is 0. The highest BCUT2D eigenvalue weighted by molar-refractivity contribution is 5.55. The average Bonchev–Trinajstić information content (AvgIpc) is 3.68. The molecule has 4 unspecified atom stereocenters. The first-order valence-corrected chi connectivity index (χ1v) is 20.0. The predicted octanol–water partition coefficient (Wildman–Crippen LogP) is 10.8. The van der Waals surface area contributed by atoms with E-state index < -0.39 is 0 Å². The van der Waals surface area contributed by atoms with Crippen LogP contribution in [0.3, 0.4) is 0 Å². The minimum atomic E-state index is 0.488. The van der Waals surface area contributed by atoms with Gasteiger partial charge < -0.3 is 5.32 Å². The van der Waals surface area contributed by atoms with Crippen molar-refractivity contribution in [1.82, 2.24) is 10.2 Å². The molecule has 0 aromatic carbocycles. The summed E-state index contributed by atoms with van der Waals surface area (Å²) in [7, 11) is 0. The van der Waals surface area contributed by atoms with Gasteiger partial charge >= 0.3 is 0 Å². The molecule has 6 aliphatic carbocycles. The number of nitrogens with one attached hydrogen (secondary N) is 1. The van der Waals surface area contributed by atoms with Crippen LogP contribution in [0.15, 0.2) is 117 Å². The summed E-state index contributed by atoms with van der Waals surface area (Å²) in [4.78, 5) is 2.93. The molecule has 48 heavy (non-hydrogen) atoms. The van der Waals surface area contributed by atoms with Gasteiger partial charge in [0.15, 0.2) is 0 Å². The van der Waals surface area contributed by atoms with Gasteiger partial charge in [-0.15, -0.1) is 0 Å². The van der Waals surface area contributed by atoms with Crippen LogP contribution in [0.1, 0.15) is 104 Å². The molecule has 2 aliphatic heterocycles. The van der Waals surface area contributed by atoms with E-state index in [0.29, 0.717) is 17.9 Å². The number of allylic oxidation sites excluding steroid dienone is 15. The maximum atomic E-state index is 3.62. The van der Waals surface area contributed by atoms with E-state index in [1.54, 1.807) is 16.7 Å². The Bertz CT molecular complexity index is 1550. The van der Waals surface area contributed by atoms with Gasteiger partial charge in [0, 0.05) is 32.2 Å². The lowest BCUT2D eigenvalue weighted by Crippen LogP contribution is -2.42. The second kappa shape index (κ2) is 14.7. The van der Waals surface area contributed by atoms with Crippen LogP contribution in [-0.4, -0.2) is 37.1 Å². The van der Waals surface area contributed by atoms with Crippen molar-refractivity contribution in [3.63, 3.8) is 0 Å². The predicted molar refractivity (Wildman–Crippen MR) is 204 cm³/mol. The van der Waals surface area contributed by atoms with E-state index in [1.165, 1.54) is 118 Å². The van der Waals surface area contributed by atoms with Crippen LogP contribution >= 0.6 is 0 Å². The van der Waals surface area contributed by atoms with Gasteiger partial charge in [-0.2, -0.15) is 0 Å². The molecule has 2 nitrogen and oxygen atoms in total. The van der Waals surface area contributed by atoms with Crippen LogP contribution < -0.4 is 5.32 Å². The van der Waals surface area contributed by atoms with Gasteiger partial charge in [0.25, 0.3) is 0 Å². The lowest BCUT2D eigenvalue weighted by atomic mass is 9.68. The molecule has 0 radical (unpaired) electrons. The van der Waals surface area contributed by atoms with Crippen LogP contribution in [-0.2, 0) is 0 Å². The Morgan fingerprint density at radius 2 is 1.52 bits per heavy atom. The quantitative estimate of drug-likeness (QED) is 0.308. The Morgan fingerprint density at radius 3 is 2.38 bits per heavy atom. The first-order chi connectivity index (χ1) is 23.6. The van der Waals surface area contributed by atoms with Crippen LogP contribution in [0.25, 0.3) is 0 Å². The van der Waals surface area contributed by atoms with E-state index in [1.807, 2.05) is 5.57 Å². The lowest BCUT2D eigenvalue weighted by Gasteiger charge is -2.42. The van der Waals surface area contributed by atoms with Crippen molar-refractivity contribution < 1.29 is 0 Å². The zero-order valence-corrected chi connectivity index (χ0v) is 30.0. The summed E-state index contributed by atoms with van der Waals surface area (Å²) in [6.07, 6.45) is 46.2. The highest BCUT2D eigenvalue weighted by Gasteiger charge is 2.35. The average molecular weight is 641 g/mol. The zero-order valence-electron chi connectivity index (χ0n) is 30.0. The minimum Gasteiger partial charge on any atom is -0.309 e. The maximum absolute atomic E-state index is 3.62. The van der Waals surface area contributed by atoms with Gasteiger partial charge in [-0.1, -0.05) is 72.4 Å². The number of fused-ring (bicyclic) bond motifs is 3. The van der Waals surface area contributed by atoms with Crippen LogP contribution in [0.5, 0.6) is 0 Å². The van der Waals surface area contributed by atoms with Crippen LogP contribution in [0.2, 0.25) is 0 Å². The van der Waals surface area contributed by atoms with E-state index in [4.69, 9.17) is 0 Å². The van der Waals surface area contributed by atoms with E-state index in [9.17, 15) is 0 Å². The van der Waals surface area contributed by atoms with Crippen molar-refractivity contribution in [3.8, 4) is 0 Å². The van der Waals surface area contributed by atoms with E-state index in [2.05, 4.69) is 90.9 Å². The second-order valence-electron chi connectivity index (χ2n) is 16.4. The van der Waals surface area contributed by atoms with Crippen molar-refractivity contribution in [2.45, 2.75) is 110 Å². The summed E-state index contributed by atoms with van der Waals surface area (Å²) in [6.45, 7) is 8.89. The Hall–Kier alpha value is -2.68. The standard InChI is InChI=1S/C46H60N2/c1-32-18-19-40(39-26-27-47-29-39)30-48(41-25-24-34-10-3-4-12-38(34)28-41)31-46(45-16-8-7-14-42(45)33(32)2)37-22-20-36(21-23-37)44-17-9-13-35-11-5-6-15-43(35)44/h4,6-7,12,14-15,18-19,24-26,34-38,41,47H,3,5,8-11,13,16-17,20-23,27-31H2,1-2H3/b32-18+,40-19+,42-33+,46-45+. The summed E-state index contributed by atoms with van der Waals surface area (Å²) in [5.41, 5.74) is 14.6. The number of rotatable bonds is 4. The molecule has 0 aromatic rings. The fourth-order valence-electron chi connectivity index (χ4n) is 10.8. The molecule has 8 rings (SSSR count). The molecule has 8 aliphatic rings. The largest absolute Gasteiger partial charge is 0.309 e. The van der Waals surface area contributed by atoms with E-state index >= 15 is 0 Å². The molecule has 2 heteroatoms. The Labute approximate surface area is 292 Å². The molecule has 1 fully saturated rings. The van der Waals surface area contributed by atoms with E-state index in [0.717, 1.165) is 43.9 Å². The lowest BCUT2D eigenvalue weighted by molar-refractivity contribution is 0.202. The fraction of sp³-hybridized carbons (Fsp3) is 0.565. The molecule has 2 heterocycles. The zero-order chi connectivity index (χ0) is 32.5. The number of hydrogen-bond acceptors (Lipinski definition) is 2. The number of hydrogen-bond donors (Lipinski definition) is 1. The first-order valence-electron chi connectivity index (χ1n) is 20.0. The van der Waals surface area contributed by atoms with Crippen molar-refractivity contribution in [3.05, 3.63) is 117 Å². The Kier molecular flexibility index (Phi) is 9.93. The third kappa shape index (κ3) is 6.74. The van der Waals surface area contributed by atoms with E-state index in [-0.39, 0.29) is 0 Å². The maximum Gasteiger partial charge on any atom is 0.0291 e. The van der Waals surface area contributed by atoms with Crippen LogP contribution in [0, 0.1) is 29.6 Å². The molecule has 1 N–H and O–H groups in total. The van der Waals surface area contributed by atoms with Crippen molar-refractivity contribution in [2.75, 3.05) is 26.2 Å². The van der Waals surface area contributed by atoms with Gasteiger partial charge in [-0.3, -0.25) is 4.90 Å². The third-order valence-corrected chi connectivity index (χ3v) is 13.7. The summed E-state index contributed by atoms with van der Waals surface area (Å²) in [5, 5.41) is 3.62.